The molecule has 3 nitrogen and oxygen atoms in total. The van der Waals surface area contributed by atoms with Crippen LogP contribution >= 0.6 is 28.3 Å². The smallest absolute Gasteiger partial charge is 0.121 e. The predicted octanol–water partition coefficient (Wildman–Crippen LogP) is 3.13. The number of aliphatic hydroxyl groups excluding tert-OH is 1. The van der Waals surface area contributed by atoms with Crippen molar-refractivity contribution in [3.8, 4) is 5.75 Å². The van der Waals surface area contributed by atoms with Crippen molar-refractivity contribution in [2.75, 3.05) is 0 Å². The van der Waals surface area contributed by atoms with E-state index in [1.54, 1.807) is 12.1 Å². The number of hydrogen-bond acceptors (Lipinski definition) is 3. The van der Waals surface area contributed by atoms with Crippen LogP contribution in [-0.2, 0) is 0 Å². The minimum Gasteiger partial charge on any atom is -0.508 e. The van der Waals surface area contributed by atoms with Crippen molar-refractivity contribution < 1.29 is 10.2 Å². The fourth-order valence-corrected chi connectivity index (χ4v) is 2.92. The van der Waals surface area contributed by atoms with Gasteiger partial charge in [-0.15, -0.1) is 12.4 Å². The van der Waals surface area contributed by atoms with Gasteiger partial charge < -0.3 is 15.9 Å². The highest BCUT2D eigenvalue weighted by atomic mass is 79.9. The number of benzene rings is 1. The zero-order valence-electron chi connectivity index (χ0n) is 10.1. The molecule has 4 N–H and O–H groups in total. The summed E-state index contributed by atoms with van der Waals surface area (Å²) >= 11 is 3.29. The molecule has 1 aliphatic carbocycles. The Bertz CT molecular complexity index is 397. The fraction of sp³-hybridized carbons (Fsp3) is 0.538. The molecule has 1 aromatic carbocycles. The molecule has 1 aliphatic rings. The summed E-state index contributed by atoms with van der Waals surface area (Å²) < 4.78 is 0.807. The molecular formula is C13H19BrClNO2. The lowest BCUT2D eigenvalue weighted by Gasteiger charge is -2.25. The average Bonchev–Trinajstić information content (AvgIpc) is 2.80. The quantitative estimate of drug-likeness (QED) is 0.794. The van der Waals surface area contributed by atoms with Crippen molar-refractivity contribution in [1.82, 2.24) is 0 Å². The van der Waals surface area contributed by atoms with Gasteiger partial charge in [0, 0.05) is 10.0 Å². The highest BCUT2D eigenvalue weighted by molar-refractivity contribution is 9.10. The molecular weight excluding hydrogens is 318 g/mol. The summed E-state index contributed by atoms with van der Waals surface area (Å²) in [5, 5.41) is 20.0. The minimum atomic E-state index is -0.565. The van der Waals surface area contributed by atoms with Gasteiger partial charge >= 0.3 is 0 Å². The number of nitrogens with two attached hydrogens (primary N) is 1. The maximum Gasteiger partial charge on any atom is 0.121 e. The summed E-state index contributed by atoms with van der Waals surface area (Å²) in [5.74, 6) is 0.414. The van der Waals surface area contributed by atoms with Gasteiger partial charge in [-0.2, -0.15) is 0 Å². The summed E-state index contributed by atoms with van der Waals surface area (Å²) in [6.07, 6.45) is 3.84. The first-order valence-corrected chi connectivity index (χ1v) is 6.81. The van der Waals surface area contributed by atoms with Gasteiger partial charge in [-0.05, 0) is 30.9 Å². The molecule has 0 saturated heterocycles. The molecule has 0 radical (unpaired) electrons. The molecule has 0 aliphatic heterocycles. The van der Waals surface area contributed by atoms with Crippen LogP contribution in [0.1, 0.15) is 37.3 Å². The SMILES string of the molecule is Cl.N[C@@H](c1ccc(Br)cc1O)[C@H](O)C1CCCC1. The molecule has 102 valence electrons. The van der Waals surface area contributed by atoms with Gasteiger partial charge in [-0.25, -0.2) is 0 Å². The van der Waals surface area contributed by atoms with Gasteiger partial charge in [0.1, 0.15) is 5.75 Å². The van der Waals surface area contributed by atoms with E-state index in [0.29, 0.717) is 5.56 Å². The average molecular weight is 337 g/mol. The van der Waals surface area contributed by atoms with Crippen LogP contribution in [0.3, 0.4) is 0 Å². The number of phenols is 1. The second kappa shape index (κ2) is 6.75. The number of rotatable bonds is 3. The lowest BCUT2D eigenvalue weighted by atomic mass is 9.90. The normalized spacial score (nSPS) is 19.3. The van der Waals surface area contributed by atoms with Crippen LogP contribution in [0.25, 0.3) is 0 Å². The zero-order valence-corrected chi connectivity index (χ0v) is 12.5. The summed E-state index contributed by atoms with van der Waals surface area (Å²) in [6, 6.07) is 4.70. The third kappa shape index (κ3) is 3.38. The van der Waals surface area contributed by atoms with Crippen molar-refractivity contribution in [2.24, 2.45) is 11.7 Å². The third-order valence-corrected chi connectivity index (χ3v) is 4.10. The van der Waals surface area contributed by atoms with E-state index in [1.807, 2.05) is 6.07 Å². The monoisotopic (exact) mass is 335 g/mol. The Morgan fingerprint density at radius 3 is 2.44 bits per heavy atom. The molecule has 0 amide bonds. The van der Waals surface area contributed by atoms with Crippen LogP contribution in [0.5, 0.6) is 5.75 Å². The van der Waals surface area contributed by atoms with E-state index in [9.17, 15) is 10.2 Å². The van der Waals surface area contributed by atoms with Crippen LogP contribution in [0, 0.1) is 5.92 Å². The van der Waals surface area contributed by atoms with Crippen molar-refractivity contribution in [1.29, 1.82) is 0 Å². The van der Waals surface area contributed by atoms with E-state index in [-0.39, 0.29) is 24.1 Å². The minimum absolute atomic E-state index is 0. The van der Waals surface area contributed by atoms with Crippen molar-refractivity contribution >= 4 is 28.3 Å². The van der Waals surface area contributed by atoms with E-state index in [4.69, 9.17) is 5.73 Å². The van der Waals surface area contributed by atoms with Crippen LogP contribution in [0.15, 0.2) is 22.7 Å². The van der Waals surface area contributed by atoms with E-state index >= 15 is 0 Å². The molecule has 5 heteroatoms. The summed E-state index contributed by atoms with van der Waals surface area (Å²) in [7, 11) is 0. The van der Waals surface area contributed by atoms with Crippen LogP contribution in [-0.4, -0.2) is 16.3 Å². The Hall–Kier alpha value is -0.290. The van der Waals surface area contributed by atoms with Crippen LogP contribution in [0.2, 0.25) is 0 Å². The molecule has 1 saturated carbocycles. The molecule has 0 bridgehead atoms. The van der Waals surface area contributed by atoms with Gasteiger partial charge in [-0.3, -0.25) is 0 Å². The van der Waals surface area contributed by atoms with E-state index < -0.39 is 12.1 Å². The highest BCUT2D eigenvalue weighted by Gasteiger charge is 2.29. The van der Waals surface area contributed by atoms with Gasteiger partial charge in [0.05, 0.1) is 12.1 Å². The first kappa shape index (κ1) is 15.8. The molecule has 2 rings (SSSR count). The van der Waals surface area contributed by atoms with Crippen molar-refractivity contribution in [2.45, 2.75) is 37.8 Å². The fourth-order valence-electron chi connectivity index (χ4n) is 2.57. The maximum atomic E-state index is 10.2. The molecule has 18 heavy (non-hydrogen) atoms. The number of phenolic OH excluding ortho intramolecular Hbond substituents is 1. The topological polar surface area (TPSA) is 66.5 Å². The van der Waals surface area contributed by atoms with Crippen molar-refractivity contribution in [3.63, 3.8) is 0 Å². The summed E-state index contributed by atoms with van der Waals surface area (Å²) in [6.45, 7) is 0. The Morgan fingerprint density at radius 1 is 1.28 bits per heavy atom. The first-order valence-electron chi connectivity index (χ1n) is 6.01. The Balaban J connectivity index is 0.00000162. The van der Waals surface area contributed by atoms with Crippen molar-refractivity contribution in [3.05, 3.63) is 28.2 Å². The number of aromatic hydroxyl groups is 1. The van der Waals surface area contributed by atoms with Gasteiger partial charge in [-0.1, -0.05) is 34.8 Å². The molecule has 0 aromatic heterocycles. The van der Waals surface area contributed by atoms with Gasteiger partial charge in [0.25, 0.3) is 0 Å². The zero-order chi connectivity index (χ0) is 12.4. The van der Waals surface area contributed by atoms with Gasteiger partial charge in [0.15, 0.2) is 0 Å². The molecule has 0 spiro atoms. The van der Waals surface area contributed by atoms with Crippen LogP contribution in [0.4, 0.5) is 0 Å². The largest absolute Gasteiger partial charge is 0.508 e. The molecule has 0 unspecified atom stereocenters. The second-order valence-electron chi connectivity index (χ2n) is 4.76. The summed E-state index contributed by atoms with van der Waals surface area (Å²) in [4.78, 5) is 0. The number of aliphatic hydroxyl groups is 1. The highest BCUT2D eigenvalue weighted by Crippen LogP contribution is 2.35. The summed E-state index contributed by atoms with van der Waals surface area (Å²) in [5.41, 5.74) is 6.66. The Labute approximate surface area is 122 Å². The Morgan fingerprint density at radius 2 is 1.89 bits per heavy atom. The van der Waals surface area contributed by atoms with E-state index in [0.717, 1.165) is 17.3 Å². The van der Waals surface area contributed by atoms with Gasteiger partial charge in [0.2, 0.25) is 0 Å². The first-order chi connectivity index (χ1) is 8.09. The molecule has 0 heterocycles. The lowest BCUT2D eigenvalue weighted by molar-refractivity contribution is 0.0836. The second-order valence-corrected chi connectivity index (χ2v) is 5.68. The molecule has 1 aromatic rings. The maximum absolute atomic E-state index is 10.2. The number of hydrogen-bond donors (Lipinski definition) is 3. The standard InChI is InChI=1S/C13H18BrNO2.ClH/c14-9-5-6-10(11(16)7-9)12(15)13(17)8-3-1-2-4-8;/h5-8,12-13,16-17H,1-4,15H2;1H/t12-,13+;/m0./s1. The van der Waals surface area contributed by atoms with E-state index in [1.165, 1.54) is 12.8 Å². The third-order valence-electron chi connectivity index (χ3n) is 3.60. The predicted molar refractivity (Wildman–Crippen MR) is 77.9 cm³/mol. The molecule has 1 fully saturated rings. The van der Waals surface area contributed by atoms with Crippen LogP contribution < -0.4 is 5.73 Å². The Kier molecular flexibility index (Phi) is 5.92. The van der Waals surface area contributed by atoms with E-state index in [2.05, 4.69) is 15.9 Å². The number of halogens is 2. The molecule has 2 atom stereocenters. The lowest BCUT2D eigenvalue weighted by Crippen LogP contribution is -2.31.